The minimum atomic E-state index is -1.03. The standard InChI is InChI=1S/C33H37N3O5/c1-21-6-13-28(22(2)16-21)31(38)40-20-23-7-9-24(10-8-23)29(19-35-32(39)41-33(3,4)5)30(37)36-27-12-11-26-18-34-15-14-25(26)17-27/h6-18,29-30,36-37H,19-20H2,1-5H3,(H,35,39)/t29-,30?/m0/s1. The number of anilines is 1. The molecule has 3 aromatic carbocycles. The van der Waals surface area contributed by atoms with Gasteiger partial charge in [0.05, 0.1) is 5.56 Å². The van der Waals surface area contributed by atoms with Crippen molar-refractivity contribution >= 4 is 28.5 Å². The molecule has 41 heavy (non-hydrogen) atoms. The number of nitrogens with zero attached hydrogens (tertiary/aromatic N) is 1. The highest BCUT2D eigenvalue weighted by Gasteiger charge is 2.24. The summed E-state index contributed by atoms with van der Waals surface area (Å²) in [6.07, 6.45) is 1.90. The first-order valence-electron chi connectivity index (χ1n) is 13.6. The maximum atomic E-state index is 12.6. The lowest BCUT2D eigenvalue weighted by Crippen LogP contribution is -2.39. The lowest BCUT2D eigenvalue weighted by molar-refractivity contribution is 0.0470. The van der Waals surface area contributed by atoms with E-state index < -0.39 is 23.8 Å². The van der Waals surface area contributed by atoms with Crippen LogP contribution >= 0.6 is 0 Å². The van der Waals surface area contributed by atoms with Gasteiger partial charge in [0.1, 0.15) is 18.4 Å². The predicted molar refractivity (Wildman–Crippen MR) is 160 cm³/mol. The van der Waals surface area contributed by atoms with Gasteiger partial charge in [-0.1, -0.05) is 48.0 Å². The van der Waals surface area contributed by atoms with E-state index in [0.717, 1.165) is 38.7 Å². The molecule has 4 rings (SSSR count). The van der Waals surface area contributed by atoms with Crippen molar-refractivity contribution in [1.82, 2.24) is 10.3 Å². The number of rotatable bonds is 9. The van der Waals surface area contributed by atoms with Crippen LogP contribution in [0.4, 0.5) is 10.5 Å². The molecular weight excluding hydrogens is 518 g/mol. The van der Waals surface area contributed by atoms with Crippen molar-refractivity contribution in [3.05, 3.63) is 107 Å². The Bertz CT molecular complexity index is 1510. The van der Waals surface area contributed by atoms with Crippen LogP contribution < -0.4 is 10.6 Å². The molecule has 214 valence electrons. The van der Waals surface area contributed by atoms with Crippen LogP contribution in [0.15, 0.2) is 79.1 Å². The quantitative estimate of drug-likeness (QED) is 0.165. The topological polar surface area (TPSA) is 110 Å². The highest BCUT2D eigenvalue weighted by atomic mass is 16.6. The maximum Gasteiger partial charge on any atom is 0.407 e. The van der Waals surface area contributed by atoms with Crippen molar-refractivity contribution in [2.75, 3.05) is 11.9 Å². The number of aromatic nitrogens is 1. The smallest absolute Gasteiger partial charge is 0.407 e. The second kappa shape index (κ2) is 12.8. The van der Waals surface area contributed by atoms with Crippen molar-refractivity contribution in [2.24, 2.45) is 0 Å². The fraction of sp³-hybridized carbons (Fsp3) is 0.303. The van der Waals surface area contributed by atoms with E-state index in [9.17, 15) is 14.7 Å². The van der Waals surface area contributed by atoms with E-state index in [1.54, 1.807) is 39.2 Å². The van der Waals surface area contributed by atoms with Crippen molar-refractivity contribution < 1.29 is 24.2 Å². The average molecular weight is 556 g/mol. The minimum Gasteiger partial charge on any atom is -0.457 e. The Morgan fingerprint density at radius 1 is 0.951 bits per heavy atom. The van der Waals surface area contributed by atoms with Gasteiger partial charge >= 0.3 is 12.1 Å². The molecule has 4 aromatic rings. The minimum absolute atomic E-state index is 0.111. The first kappa shape index (κ1) is 29.6. The number of nitrogens with one attached hydrogen (secondary N) is 2. The van der Waals surface area contributed by atoms with Crippen LogP contribution in [0.1, 0.15) is 59.3 Å². The van der Waals surface area contributed by atoms with Gasteiger partial charge in [-0.2, -0.15) is 0 Å². The average Bonchev–Trinajstić information content (AvgIpc) is 2.91. The molecule has 0 saturated carbocycles. The van der Waals surface area contributed by atoms with Gasteiger partial charge in [0, 0.05) is 35.9 Å². The molecule has 0 fully saturated rings. The van der Waals surface area contributed by atoms with Gasteiger partial charge in [-0.3, -0.25) is 4.98 Å². The second-order valence-corrected chi connectivity index (χ2v) is 11.2. The molecule has 0 aliphatic heterocycles. The number of pyridine rings is 1. The van der Waals surface area contributed by atoms with Crippen LogP contribution in [-0.2, 0) is 16.1 Å². The lowest BCUT2D eigenvalue weighted by atomic mass is 9.95. The normalized spacial score (nSPS) is 12.8. The van der Waals surface area contributed by atoms with Crippen molar-refractivity contribution in [2.45, 2.75) is 59.0 Å². The highest BCUT2D eigenvalue weighted by Crippen LogP contribution is 2.25. The molecule has 3 N–H and O–H groups in total. The van der Waals surface area contributed by atoms with Gasteiger partial charge in [0.25, 0.3) is 0 Å². The number of aryl methyl sites for hydroxylation is 2. The number of fused-ring (bicyclic) bond motifs is 1. The highest BCUT2D eigenvalue weighted by molar-refractivity contribution is 5.91. The zero-order valence-electron chi connectivity index (χ0n) is 24.1. The largest absolute Gasteiger partial charge is 0.457 e. The summed E-state index contributed by atoms with van der Waals surface area (Å²) < 4.78 is 10.9. The summed E-state index contributed by atoms with van der Waals surface area (Å²) in [6.45, 7) is 9.48. The molecule has 0 spiro atoms. The monoisotopic (exact) mass is 555 g/mol. The number of carbonyl (C=O) groups excluding carboxylic acids is 2. The lowest BCUT2D eigenvalue weighted by Gasteiger charge is -2.27. The molecule has 1 unspecified atom stereocenters. The van der Waals surface area contributed by atoms with Crippen LogP contribution in [0.5, 0.6) is 0 Å². The van der Waals surface area contributed by atoms with Gasteiger partial charge in [-0.05, 0) is 81.0 Å². The molecule has 0 saturated heterocycles. The molecule has 2 atom stereocenters. The second-order valence-electron chi connectivity index (χ2n) is 11.2. The van der Waals surface area contributed by atoms with Gasteiger partial charge in [-0.15, -0.1) is 0 Å². The Morgan fingerprint density at radius 3 is 2.41 bits per heavy atom. The summed E-state index contributed by atoms with van der Waals surface area (Å²) in [5, 5.41) is 19.2. The number of hydrogen-bond donors (Lipinski definition) is 3. The van der Waals surface area contributed by atoms with Gasteiger partial charge in [0.2, 0.25) is 0 Å². The molecule has 8 heteroatoms. The van der Waals surface area contributed by atoms with Crippen LogP contribution in [-0.4, -0.2) is 40.5 Å². The third-order valence-electron chi connectivity index (χ3n) is 6.58. The third kappa shape index (κ3) is 8.28. The summed E-state index contributed by atoms with van der Waals surface area (Å²) in [4.78, 5) is 29.1. The zero-order chi connectivity index (χ0) is 29.6. The van der Waals surface area contributed by atoms with Gasteiger partial charge < -0.3 is 25.2 Å². The van der Waals surface area contributed by atoms with E-state index in [-0.39, 0.29) is 19.1 Å². The fourth-order valence-corrected chi connectivity index (χ4v) is 4.49. The first-order valence-corrected chi connectivity index (χ1v) is 13.6. The Kier molecular flexibility index (Phi) is 9.24. The van der Waals surface area contributed by atoms with Crippen molar-refractivity contribution in [1.29, 1.82) is 0 Å². The molecule has 8 nitrogen and oxygen atoms in total. The first-order chi connectivity index (χ1) is 19.5. The number of ether oxygens (including phenoxy) is 2. The van der Waals surface area contributed by atoms with E-state index >= 15 is 0 Å². The Labute approximate surface area is 240 Å². The number of amides is 1. The van der Waals surface area contributed by atoms with Crippen LogP contribution in [0.2, 0.25) is 0 Å². The number of carbonyl (C=O) groups is 2. The van der Waals surface area contributed by atoms with E-state index in [4.69, 9.17) is 9.47 Å². The van der Waals surface area contributed by atoms with Crippen LogP contribution in [0.25, 0.3) is 10.8 Å². The van der Waals surface area contributed by atoms with Gasteiger partial charge in [0.15, 0.2) is 0 Å². The number of hydrogen-bond acceptors (Lipinski definition) is 7. The third-order valence-corrected chi connectivity index (χ3v) is 6.58. The Balaban J connectivity index is 1.47. The number of aliphatic hydroxyl groups is 1. The molecule has 0 radical (unpaired) electrons. The van der Waals surface area contributed by atoms with E-state index in [1.807, 2.05) is 74.5 Å². The van der Waals surface area contributed by atoms with Crippen LogP contribution in [0, 0.1) is 13.8 Å². The number of esters is 1. The molecule has 0 aliphatic carbocycles. The maximum absolute atomic E-state index is 12.6. The van der Waals surface area contributed by atoms with E-state index in [0.29, 0.717) is 5.56 Å². The zero-order valence-corrected chi connectivity index (χ0v) is 24.1. The number of benzene rings is 3. The van der Waals surface area contributed by atoms with E-state index in [1.165, 1.54) is 0 Å². The summed E-state index contributed by atoms with van der Waals surface area (Å²) in [6, 6.07) is 20.7. The fourth-order valence-electron chi connectivity index (χ4n) is 4.49. The molecule has 0 bridgehead atoms. The summed E-state index contributed by atoms with van der Waals surface area (Å²) in [7, 11) is 0. The predicted octanol–water partition coefficient (Wildman–Crippen LogP) is 6.25. The summed E-state index contributed by atoms with van der Waals surface area (Å²) in [5.41, 5.74) is 4.17. The van der Waals surface area contributed by atoms with Crippen molar-refractivity contribution in [3.8, 4) is 0 Å². The number of alkyl carbamates (subject to hydrolysis) is 1. The molecular formula is C33H37N3O5. The summed E-state index contributed by atoms with van der Waals surface area (Å²) in [5.74, 6) is -0.890. The molecule has 1 amide bonds. The van der Waals surface area contributed by atoms with Crippen LogP contribution in [0.3, 0.4) is 0 Å². The Hall–Kier alpha value is -4.43. The van der Waals surface area contributed by atoms with Crippen molar-refractivity contribution in [3.63, 3.8) is 0 Å². The Morgan fingerprint density at radius 2 is 1.71 bits per heavy atom. The van der Waals surface area contributed by atoms with Gasteiger partial charge in [-0.25, -0.2) is 9.59 Å². The number of aliphatic hydroxyl groups excluding tert-OH is 1. The SMILES string of the molecule is Cc1ccc(C(=O)OCc2ccc([C@H](CNC(=O)OC(C)(C)C)C(O)Nc3ccc4cnccc4c3)cc2)c(C)c1. The molecule has 0 aliphatic rings. The molecule has 1 heterocycles. The molecule has 1 aromatic heterocycles. The van der Waals surface area contributed by atoms with E-state index in [2.05, 4.69) is 15.6 Å². The summed E-state index contributed by atoms with van der Waals surface area (Å²) >= 11 is 0.